The first-order valence-electron chi connectivity index (χ1n) is 5.34. The van der Waals surface area contributed by atoms with Gasteiger partial charge in [0.2, 0.25) is 5.91 Å². The Morgan fingerprint density at radius 1 is 1.33 bits per heavy atom. The number of carbonyl (C=O) groups excluding carboxylic acids is 1. The van der Waals surface area contributed by atoms with Crippen LogP contribution in [0.1, 0.15) is 20.8 Å². The van der Waals surface area contributed by atoms with E-state index in [4.69, 9.17) is 28.9 Å². The first kappa shape index (κ1) is 15.8. The molecule has 0 aliphatic rings. The van der Waals surface area contributed by atoms with Gasteiger partial charge in [-0.3, -0.25) is 4.79 Å². The Morgan fingerprint density at radius 3 is 2.39 bits per heavy atom. The molecular weight excluding hydrogens is 339 g/mol. The molecule has 3 N–H and O–H groups in total. The predicted molar refractivity (Wildman–Crippen MR) is 80.2 cm³/mol. The van der Waals surface area contributed by atoms with Crippen molar-refractivity contribution in [2.45, 2.75) is 26.8 Å². The Kier molecular flexibility index (Phi) is 5.06. The van der Waals surface area contributed by atoms with Crippen LogP contribution in [0.4, 0.5) is 5.69 Å². The van der Waals surface area contributed by atoms with Crippen molar-refractivity contribution in [2.75, 3.05) is 5.32 Å². The van der Waals surface area contributed by atoms with Gasteiger partial charge in [0.1, 0.15) is 0 Å². The fourth-order valence-electron chi connectivity index (χ4n) is 1.23. The summed E-state index contributed by atoms with van der Waals surface area (Å²) in [6, 6.07) is 2.76. The average Bonchev–Trinajstić information content (AvgIpc) is 2.27. The third-order valence-electron chi connectivity index (χ3n) is 2.51. The van der Waals surface area contributed by atoms with E-state index in [2.05, 4.69) is 21.2 Å². The molecule has 0 aromatic heterocycles. The van der Waals surface area contributed by atoms with Crippen LogP contribution in [0.25, 0.3) is 0 Å². The Labute approximate surface area is 125 Å². The van der Waals surface area contributed by atoms with Crippen molar-refractivity contribution in [3.05, 3.63) is 26.7 Å². The summed E-state index contributed by atoms with van der Waals surface area (Å²) in [7, 11) is 0. The largest absolute Gasteiger partial charge is 0.323 e. The van der Waals surface area contributed by atoms with E-state index >= 15 is 0 Å². The molecule has 0 bridgehead atoms. The van der Waals surface area contributed by atoms with E-state index in [1.165, 1.54) is 0 Å². The van der Waals surface area contributed by atoms with E-state index in [0.29, 0.717) is 20.2 Å². The molecule has 0 spiro atoms. The fourth-order valence-corrected chi connectivity index (χ4v) is 2.05. The van der Waals surface area contributed by atoms with Gasteiger partial charge < -0.3 is 11.1 Å². The number of halogens is 3. The maximum Gasteiger partial charge on any atom is 0.241 e. The van der Waals surface area contributed by atoms with Crippen LogP contribution < -0.4 is 11.1 Å². The zero-order valence-corrected chi connectivity index (χ0v) is 13.4. The highest BCUT2D eigenvalue weighted by Gasteiger charge is 2.28. The van der Waals surface area contributed by atoms with Gasteiger partial charge in [0.25, 0.3) is 0 Å². The highest BCUT2D eigenvalue weighted by Crippen LogP contribution is 2.36. The molecule has 0 fully saturated rings. The molecular formula is C12H15BrCl2N2O. The first-order chi connectivity index (χ1) is 8.14. The van der Waals surface area contributed by atoms with Crippen molar-refractivity contribution in [3.63, 3.8) is 0 Å². The lowest BCUT2D eigenvalue weighted by atomic mass is 9.87. The Balaban J connectivity index is 2.93. The number of anilines is 1. The van der Waals surface area contributed by atoms with E-state index in [9.17, 15) is 4.79 Å². The van der Waals surface area contributed by atoms with Crippen molar-refractivity contribution in [2.24, 2.45) is 11.1 Å². The van der Waals surface area contributed by atoms with Gasteiger partial charge in [0.15, 0.2) is 0 Å². The molecule has 0 heterocycles. The molecule has 0 saturated carbocycles. The summed E-state index contributed by atoms with van der Waals surface area (Å²) in [6.45, 7) is 5.69. The standard InChI is InChI=1S/C12H15BrCl2N2O/c1-12(2,3)10(16)11(18)17-7-5-4-6(13)8(14)9(7)15/h4-5,10H,16H2,1-3H3,(H,17,18)/t10-/m1/s1. The van der Waals surface area contributed by atoms with E-state index in [1.807, 2.05) is 20.8 Å². The third-order valence-corrected chi connectivity index (χ3v) is 4.28. The maximum atomic E-state index is 12.0. The number of nitrogens with two attached hydrogens (primary N) is 1. The van der Waals surface area contributed by atoms with Gasteiger partial charge in [-0.25, -0.2) is 0 Å². The molecule has 1 aromatic carbocycles. The minimum atomic E-state index is -0.629. The van der Waals surface area contributed by atoms with Gasteiger partial charge in [-0.1, -0.05) is 44.0 Å². The minimum Gasteiger partial charge on any atom is -0.323 e. The molecule has 0 saturated heterocycles. The second-order valence-corrected chi connectivity index (χ2v) is 6.67. The molecule has 100 valence electrons. The zero-order valence-electron chi connectivity index (χ0n) is 10.4. The fraction of sp³-hybridized carbons (Fsp3) is 0.417. The van der Waals surface area contributed by atoms with Crippen LogP contribution in [0.15, 0.2) is 16.6 Å². The van der Waals surface area contributed by atoms with Crippen molar-refractivity contribution in [1.82, 2.24) is 0 Å². The van der Waals surface area contributed by atoms with Gasteiger partial charge >= 0.3 is 0 Å². The second-order valence-electron chi connectivity index (χ2n) is 5.06. The van der Waals surface area contributed by atoms with Crippen LogP contribution >= 0.6 is 39.1 Å². The molecule has 18 heavy (non-hydrogen) atoms. The lowest BCUT2D eigenvalue weighted by molar-refractivity contribution is -0.119. The summed E-state index contributed by atoms with van der Waals surface area (Å²) in [5.41, 5.74) is 5.99. The van der Waals surface area contributed by atoms with Gasteiger partial charge in [-0.15, -0.1) is 0 Å². The molecule has 1 atom stereocenters. The minimum absolute atomic E-state index is 0.289. The van der Waals surface area contributed by atoms with Crippen LogP contribution in [0.3, 0.4) is 0 Å². The number of benzene rings is 1. The monoisotopic (exact) mass is 352 g/mol. The molecule has 0 unspecified atom stereocenters. The molecule has 3 nitrogen and oxygen atoms in total. The molecule has 0 aliphatic carbocycles. The summed E-state index contributed by atoms with van der Waals surface area (Å²) < 4.78 is 0.673. The van der Waals surface area contributed by atoms with Crippen LogP contribution in [-0.2, 0) is 4.79 Å². The summed E-state index contributed by atoms with van der Waals surface area (Å²) >= 11 is 15.3. The Bertz CT molecular complexity index is 472. The topological polar surface area (TPSA) is 55.1 Å². The summed E-state index contributed by atoms with van der Waals surface area (Å²) in [5.74, 6) is -0.289. The smallest absolute Gasteiger partial charge is 0.241 e. The van der Waals surface area contributed by atoms with Crippen LogP contribution in [0, 0.1) is 5.41 Å². The molecule has 0 aliphatic heterocycles. The van der Waals surface area contributed by atoms with Gasteiger partial charge in [-0.2, -0.15) is 0 Å². The van der Waals surface area contributed by atoms with Crippen molar-refractivity contribution < 1.29 is 4.79 Å². The van der Waals surface area contributed by atoms with E-state index < -0.39 is 6.04 Å². The van der Waals surface area contributed by atoms with E-state index in [0.717, 1.165) is 0 Å². The molecule has 1 aromatic rings. The van der Waals surface area contributed by atoms with Crippen molar-refractivity contribution in [3.8, 4) is 0 Å². The zero-order chi connectivity index (χ0) is 14.1. The van der Waals surface area contributed by atoms with Gasteiger partial charge in [0, 0.05) is 4.47 Å². The summed E-state index contributed by atoms with van der Waals surface area (Å²) in [6.07, 6.45) is 0. The van der Waals surface area contributed by atoms with Gasteiger partial charge in [-0.05, 0) is 33.5 Å². The Morgan fingerprint density at radius 2 is 1.89 bits per heavy atom. The lowest BCUT2D eigenvalue weighted by Crippen LogP contribution is -2.45. The number of amides is 1. The lowest BCUT2D eigenvalue weighted by Gasteiger charge is -2.26. The maximum absolute atomic E-state index is 12.0. The predicted octanol–water partition coefficient (Wildman–Crippen LogP) is 4.07. The van der Waals surface area contributed by atoms with Crippen LogP contribution in [0.2, 0.25) is 10.0 Å². The van der Waals surface area contributed by atoms with Crippen LogP contribution in [-0.4, -0.2) is 11.9 Å². The van der Waals surface area contributed by atoms with Crippen LogP contribution in [0.5, 0.6) is 0 Å². The highest BCUT2D eigenvalue weighted by molar-refractivity contribution is 9.10. The number of nitrogens with one attached hydrogen (secondary N) is 1. The quantitative estimate of drug-likeness (QED) is 0.787. The van der Waals surface area contributed by atoms with E-state index in [1.54, 1.807) is 12.1 Å². The average molecular weight is 354 g/mol. The second kappa shape index (κ2) is 5.78. The first-order valence-corrected chi connectivity index (χ1v) is 6.89. The van der Waals surface area contributed by atoms with Crippen molar-refractivity contribution >= 4 is 50.7 Å². The molecule has 6 heteroatoms. The molecule has 1 rings (SSSR count). The third kappa shape index (κ3) is 3.60. The van der Waals surface area contributed by atoms with Crippen molar-refractivity contribution in [1.29, 1.82) is 0 Å². The summed E-state index contributed by atoms with van der Waals surface area (Å²) in [5, 5.41) is 3.34. The highest BCUT2D eigenvalue weighted by atomic mass is 79.9. The number of hydrogen-bond acceptors (Lipinski definition) is 2. The SMILES string of the molecule is CC(C)(C)[C@H](N)C(=O)Nc1ccc(Br)c(Cl)c1Cl. The molecule has 1 amide bonds. The van der Waals surface area contributed by atoms with Gasteiger partial charge in [0.05, 0.1) is 21.8 Å². The summed E-state index contributed by atoms with van der Waals surface area (Å²) in [4.78, 5) is 12.0. The van der Waals surface area contributed by atoms with E-state index in [-0.39, 0.29) is 11.3 Å². The number of hydrogen-bond donors (Lipinski definition) is 2. The normalized spacial score (nSPS) is 13.3. The Hall–Kier alpha value is -0.290. The number of carbonyl (C=O) groups is 1. The molecule has 0 radical (unpaired) electrons. The number of rotatable bonds is 2.